The zero-order valence-electron chi connectivity index (χ0n) is 12.7. The van der Waals surface area contributed by atoms with Gasteiger partial charge >= 0.3 is 5.97 Å². The molecule has 1 aromatic heterocycles. The molecule has 3 aromatic rings. The molecule has 1 heterocycles. The normalized spacial score (nSPS) is 10.2. The summed E-state index contributed by atoms with van der Waals surface area (Å²) in [5.74, 6) is 0.191. The van der Waals surface area contributed by atoms with Crippen LogP contribution in [0.4, 0.5) is 0 Å². The van der Waals surface area contributed by atoms with Gasteiger partial charge in [0.15, 0.2) is 6.61 Å². The Balaban J connectivity index is 1.70. The molecule has 0 aliphatic carbocycles. The molecule has 0 N–H and O–H groups in total. The summed E-state index contributed by atoms with van der Waals surface area (Å²) in [5, 5.41) is 1.80. The first-order chi connectivity index (χ1) is 11.7. The van der Waals surface area contributed by atoms with E-state index in [1.165, 1.54) is 11.3 Å². The van der Waals surface area contributed by atoms with Crippen molar-refractivity contribution in [1.82, 2.24) is 0 Å². The number of rotatable bonds is 6. The Morgan fingerprint density at radius 2 is 1.62 bits per heavy atom. The van der Waals surface area contributed by atoms with Crippen LogP contribution in [0, 0.1) is 0 Å². The van der Waals surface area contributed by atoms with Crippen LogP contribution in [-0.2, 0) is 4.74 Å². The van der Waals surface area contributed by atoms with E-state index in [1.54, 1.807) is 53.9 Å². The lowest BCUT2D eigenvalue weighted by molar-refractivity contribution is 0.0473. The fourth-order valence-corrected chi connectivity index (χ4v) is 2.71. The summed E-state index contributed by atoms with van der Waals surface area (Å²) in [6.45, 7) is -0.293. The third-order valence-electron chi connectivity index (χ3n) is 3.21. The molecular formula is C19H14O4S. The van der Waals surface area contributed by atoms with E-state index >= 15 is 0 Å². The standard InChI is InChI=1S/C19H14O4S/c20-16(18-11-6-12-24-18)13-22-19(21)15-9-4-5-10-17(15)23-14-7-2-1-3-8-14/h1-12H,13H2. The van der Waals surface area contributed by atoms with Gasteiger partial charge in [0.25, 0.3) is 0 Å². The first-order valence-electron chi connectivity index (χ1n) is 7.30. The summed E-state index contributed by atoms with van der Waals surface area (Å²) in [7, 11) is 0. The summed E-state index contributed by atoms with van der Waals surface area (Å²) in [4.78, 5) is 24.8. The van der Waals surface area contributed by atoms with Crippen molar-refractivity contribution in [3.63, 3.8) is 0 Å². The fourth-order valence-electron chi connectivity index (χ4n) is 2.06. The number of Topliss-reactive ketones (excluding diaryl/α,β-unsaturated/α-hetero) is 1. The molecule has 0 bridgehead atoms. The van der Waals surface area contributed by atoms with Crippen LogP contribution in [0.1, 0.15) is 20.0 Å². The molecule has 120 valence electrons. The average molecular weight is 338 g/mol. The van der Waals surface area contributed by atoms with Gasteiger partial charge in [-0.05, 0) is 35.7 Å². The molecule has 0 radical (unpaired) electrons. The molecule has 0 saturated carbocycles. The number of hydrogen-bond donors (Lipinski definition) is 0. The predicted octanol–water partition coefficient (Wildman–Crippen LogP) is 4.58. The summed E-state index contributed by atoms with van der Waals surface area (Å²) >= 11 is 1.32. The van der Waals surface area contributed by atoms with Crippen molar-refractivity contribution in [2.24, 2.45) is 0 Å². The van der Waals surface area contributed by atoms with Gasteiger partial charge in [-0.2, -0.15) is 0 Å². The Kier molecular flexibility index (Phi) is 5.03. The molecule has 0 spiro atoms. The quantitative estimate of drug-likeness (QED) is 0.488. The molecular weight excluding hydrogens is 324 g/mol. The Morgan fingerprint density at radius 1 is 0.875 bits per heavy atom. The maximum Gasteiger partial charge on any atom is 0.342 e. The molecule has 24 heavy (non-hydrogen) atoms. The van der Waals surface area contributed by atoms with Crippen molar-refractivity contribution >= 4 is 23.1 Å². The molecule has 0 unspecified atom stereocenters. The van der Waals surface area contributed by atoms with Crippen LogP contribution in [0.3, 0.4) is 0 Å². The predicted molar refractivity (Wildman–Crippen MR) is 91.9 cm³/mol. The molecule has 0 fully saturated rings. The number of ether oxygens (including phenoxy) is 2. The molecule has 5 heteroatoms. The molecule has 0 saturated heterocycles. The van der Waals surface area contributed by atoms with Crippen molar-refractivity contribution in [2.45, 2.75) is 0 Å². The van der Waals surface area contributed by atoms with Crippen molar-refractivity contribution in [2.75, 3.05) is 6.61 Å². The summed E-state index contributed by atoms with van der Waals surface area (Å²) < 4.78 is 10.9. The van der Waals surface area contributed by atoms with E-state index < -0.39 is 5.97 Å². The van der Waals surface area contributed by atoms with Gasteiger partial charge in [0.05, 0.1) is 4.88 Å². The van der Waals surface area contributed by atoms with Gasteiger partial charge in [-0.3, -0.25) is 4.79 Å². The topological polar surface area (TPSA) is 52.6 Å². The van der Waals surface area contributed by atoms with Gasteiger partial charge in [-0.25, -0.2) is 4.79 Å². The minimum absolute atomic E-state index is 0.222. The molecule has 3 rings (SSSR count). The van der Waals surface area contributed by atoms with E-state index in [0.29, 0.717) is 16.4 Å². The number of carbonyl (C=O) groups is 2. The lowest BCUT2D eigenvalue weighted by Crippen LogP contribution is -2.14. The Labute approximate surface area is 143 Å². The highest BCUT2D eigenvalue weighted by atomic mass is 32.1. The first kappa shape index (κ1) is 16.0. The van der Waals surface area contributed by atoms with Crippen LogP contribution >= 0.6 is 11.3 Å². The van der Waals surface area contributed by atoms with Crippen LogP contribution in [0.25, 0.3) is 0 Å². The number of benzene rings is 2. The Morgan fingerprint density at radius 3 is 2.38 bits per heavy atom. The van der Waals surface area contributed by atoms with Crippen molar-refractivity contribution in [3.05, 3.63) is 82.6 Å². The third kappa shape index (κ3) is 3.88. The van der Waals surface area contributed by atoms with E-state index in [9.17, 15) is 9.59 Å². The van der Waals surface area contributed by atoms with Crippen molar-refractivity contribution in [1.29, 1.82) is 0 Å². The number of carbonyl (C=O) groups excluding carboxylic acids is 2. The lowest BCUT2D eigenvalue weighted by atomic mass is 10.2. The molecule has 0 aliphatic heterocycles. The zero-order chi connectivity index (χ0) is 16.8. The van der Waals surface area contributed by atoms with E-state index in [-0.39, 0.29) is 18.0 Å². The smallest absolute Gasteiger partial charge is 0.342 e. The second-order valence-corrected chi connectivity index (χ2v) is 5.84. The van der Waals surface area contributed by atoms with Crippen LogP contribution in [0.15, 0.2) is 72.1 Å². The minimum atomic E-state index is -0.591. The van der Waals surface area contributed by atoms with E-state index in [1.807, 2.05) is 18.2 Å². The monoisotopic (exact) mass is 338 g/mol. The number of ketones is 1. The first-order valence-corrected chi connectivity index (χ1v) is 8.18. The summed E-state index contributed by atoms with van der Waals surface area (Å²) in [6.07, 6.45) is 0. The third-order valence-corrected chi connectivity index (χ3v) is 4.12. The van der Waals surface area contributed by atoms with Gasteiger partial charge in [-0.1, -0.05) is 36.4 Å². The second kappa shape index (κ2) is 7.57. The van der Waals surface area contributed by atoms with E-state index in [2.05, 4.69) is 0 Å². The number of esters is 1. The number of hydrogen-bond acceptors (Lipinski definition) is 5. The van der Waals surface area contributed by atoms with E-state index in [4.69, 9.17) is 9.47 Å². The second-order valence-electron chi connectivity index (χ2n) is 4.89. The van der Waals surface area contributed by atoms with Crippen molar-refractivity contribution in [3.8, 4) is 11.5 Å². The summed E-state index contributed by atoms with van der Waals surface area (Å²) in [5.41, 5.74) is 0.278. The zero-order valence-corrected chi connectivity index (χ0v) is 13.5. The van der Waals surface area contributed by atoms with Gasteiger partial charge in [0.1, 0.15) is 17.1 Å². The highest BCUT2D eigenvalue weighted by molar-refractivity contribution is 7.12. The maximum atomic E-state index is 12.3. The highest BCUT2D eigenvalue weighted by Crippen LogP contribution is 2.25. The number of thiophene rings is 1. The lowest BCUT2D eigenvalue weighted by Gasteiger charge is -2.10. The maximum absolute atomic E-state index is 12.3. The summed E-state index contributed by atoms with van der Waals surface area (Å²) in [6, 6.07) is 19.4. The van der Waals surface area contributed by atoms with Gasteiger partial charge < -0.3 is 9.47 Å². The molecule has 0 aliphatic rings. The molecule has 2 aromatic carbocycles. The number of para-hydroxylation sites is 2. The SMILES string of the molecule is O=C(COC(=O)c1ccccc1Oc1ccccc1)c1cccs1. The molecule has 4 nitrogen and oxygen atoms in total. The van der Waals surface area contributed by atoms with Crippen LogP contribution in [-0.4, -0.2) is 18.4 Å². The largest absolute Gasteiger partial charge is 0.456 e. The van der Waals surface area contributed by atoms with Gasteiger partial charge in [0.2, 0.25) is 5.78 Å². The van der Waals surface area contributed by atoms with Crippen LogP contribution in [0.2, 0.25) is 0 Å². The highest BCUT2D eigenvalue weighted by Gasteiger charge is 2.16. The van der Waals surface area contributed by atoms with E-state index in [0.717, 1.165) is 0 Å². The molecule has 0 amide bonds. The van der Waals surface area contributed by atoms with Gasteiger partial charge in [0, 0.05) is 0 Å². The van der Waals surface area contributed by atoms with Crippen LogP contribution < -0.4 is 4.74 Å². The fraction of sp³-hybridized carbons (Fsp3) is 0.0526. The van der Waals surface area contributed by atoms with Crippen molar-refractivity contribution < 1.29 is 19.1 Å². The minimum Gasteiger partial charge on any atom is -0.456 e. The van der Waals surface area contributed by atoms with Crippen LogP contribution in [0.5, 0.6) is 11.5 Å². The Hall–Kier alpha value is -2.92. The average Bonchev–Trinajstić information content (AvgIpc) is 3.15. The molecule has 0 atom stereocenters. The Bertz CT molecular complexity index is 826. The van der Waals surface area contributed by atoms with Gasteiger partial charge in [-0.15, -0.1) is 11.3 Å².